The van der Waals surface area contributed by atoms with Gasteiger partial charge in [-0.05, 0) is 69.4 Å². The smallest absolute Gasteiger partial charge is 0.410 e. The van der Waals surface area contributed by atoms with E-state index >= 15 is 0 Å². The topological polar surface area (TPSA) is 121 Å². The number of carbonyl (C=O) groups excluding carboxylic acids is 2. The van der Waals surface area contributed by atoms with Crippen molar-refractivity contribution in [1.29, 1.82) is 0 Å². The van der Waals surface area contributed by atoms with Crippen LogP contribution in [0.4, 0.5) is 16.2 Å². The molecule has 3 heterocycles. The van der Waals surface area contributed by atoms with Crippen LogP contribution >= 0.6 is 11.3 Å². The maximum absolute atomic E-state index is 12.9. The molecule has 2 aromatic heterocycles. The first-order valence-electron chi connectivity index (χ1n) is 13.1. The summed E-state index contributed by atoms with van der Waals surface area (Å²) in [7, 11) is 0. The van der Waals surface area contributed by atoms with Crippen molar-refractivity contribution in [3.05, 3.63) is 52.0 Å². The molecule has 4 N–H and O–H groups in total. The van der Waals surface area contributed by atoms with Crippen molar-refractivity contribution in [2.24, 2.45) is 0 Å². The fourth-order valence-corrected chi connectivity index (χ4v) is 5.93. The molecule has 1 aromatic carbocycles. The quantitative estimate of drug-likeness (QED) is 0.452. The summed E-state index contributed by atoms with van der Waals surface area (Å²) in [4.78, 5) is 34.9. The third-order valence-corrected chi connectivity index (χ3v) is 8.09. The lowest BCUT2D eigenvalue weighted by molar-refractivity contribution is 0.0240. The number of nitrogens with two attached hydrogens (primary N) is 1. The number of hydrogen-bond donors (Lipinski definition) is 3. The molecule has 0 bridgehead atoms. The average Bonchev–Trinajstić information content (AvgIpc) is 3.41. The Hall–Kier alpha value is -3.37. The van der Waals surface area contributed by atoms with Crippen molar-refractivity contribution >= 4 is 44.9 Å². The predicted molar refractivity (Wildman–Crippen MR) is 150 cm³/mol. The van der Waals surface area contributed by atoms with E-state index in [0.29, 0.717) is 53.6 Å². The molecule has 1 atom stereocenters. The Morgan fingerprint density at radius 2 is 1.89 bits per heavy atom. The standard InChI is InChI=1S/C28H35N5O4S/c1-28(2,3)37-27(36)33-14-12-32(13-15-33)19-7-4-17(5-8-19)10-11-30-25(35)24-22(29)20-16-18-6-9-21(34)23(18)31-26(20)38-24/h4-5,7-8,16,21,34H,6,9-15,29H2,1-3H3,(H,30,35). The van der Waals surface area contributed by atoms with Gasteiger partial charge in [-0.25, -0.2) is 9.78 Å². The number of pyridine rings is 1. The van der Waals surface area contributed by atoms with Crippen molar-refractivity contribution in [3.63, 3.8) is 0 Å². The van der Waals surface area contributed by atoms with Crippen LogP contribution in [0.1, 0.15) is 59.8 Å². The molecule has 0 saturated carbocycles. The zero-order chi connectivity index (χ0) is 27.0. The molecule has 1 saturated heterocycles. The molecule has 1 fully saturated rings. The molecule has 3 aromatic rings. The number of aliphatic hydroxyl groups is 1. The number of aromatic nitrogens is 1. The first kappa shape index (κ1) is 26.2. The molecule has 5 rings (SSSR count). The zero-order valence-corrected chi connectivity index (χ0v) is 22.9. The summed E-state index contributed by atoms with van der Waals surface area (Å²) in [6.07, 6.45) is 1.35. The Balaban J connectivity index is 1.12. The summed E-state index contributed by atoms with van der Waals surface area (Å²) < 4.78 is 5.48. The Kier molecular flexibility index (Phi) is 7.19. The van der Waals surface area contributed by atoms with Crippen LogP contribution in [0.5, 0.6) is 0 Å². The zero-order valence-electron chi connectivity index (χ0n) is 22.1. The number of nitrogens with zero attached hydrogens (tertiary/aromatic N) is 3. The largest absolute Gasteiger partial charge is 0.444 e. The lowest BCUT2D eigenvalue weighted by Crippen LogP contribution is -2.50. The van der Waals surface area contributed by atoms with Crippen LogP contribution in [0.3, 0.4) is 0 Å². The minimum absolute atomic E-state index is 0.203. The highest BCUT2D eigenvalue weighted by Crippen LogP contribution is 2.38. The number of aryl methyl sites for hydroxylation is 1. The lowest BCUT2D eigenvalue weighted by atomic mass is 10.1. The van der Waals surface area contributed by atoms with Crippen LogP contribution in [0.15, 0.2) is 30.3 Å². The summed E-state index contributed by atoms with van der Waals surface area (Å²) in [5, 5.41) is 13.9. The van der Waals surface area contributed by atoms with Crippen molar-refractivity contribution in [2.75, 3.05) is 43.4 Å². The lowest BCUT2D eigenvalue weighted by Gasteiger charge is -2.36. The first-order valence-corrected chi connectivity index (χ1v) is 13.9. The van der Waals surface area contributed by atoms with Crippen LogP contribution in [-0.4, -0.2) is 65.3 Å². The molecule has 38 heavy (non-hydrogen) atoms. The van der Waals surface area contributed by atoms with Crippen molar-refractivity contribution < 1.29 is 19.4 Å². The number of carbonyl (C=O) groups is 2. The molecule has 202 valence electrons. The minimum atomic E-state index is -0.539. The SMILES string of the molecule is CC(C)(C)OC(=O)N1CCN(c2ccc(CCNC(=O)c3sc4nc5c(cc4c3N)CCC5O)cc2)CC1. The van der Waals surface area contributed by atoms with Gasteiger partial charge in [-0.3, -0.25) is 4.79 Å². The van der Waals surface area contributed by atoms with Crippen LogP contribution < -0.4 is 16.0 Å². The summed E-state index contributed by atoms with van der Waals surface area (Å²) in [5.74, 6) is -0.203. The van der Waals surface area contributed by atoms with E-state index in [1.165, 1.54) is 11.3 Å². The van der Waals surface area contributed by atoms with E-state index in [-0.39, 0.29) is 12.0 Å². The minimum Gasteiger partial charge on any atom is -0.444 e. The Morgan fingerprint density at radius 1 is 1.18 bits per heavy atom. The van der Waals surface area contributed by atoms with Crippen LogP contribution in [0.2, 0.25) is 0 Å². The monoisotopic (exact) mass is 537 g/mol. The summed E-state index contributed by atoms with van der Waals surface area (Å²) in [6.45, 7) is 8.88. The molecule has 10 heteroatoms. The second kappa shape index (κ2) is 10.4. The van der Waals surface area contributed by atoms with Gasteiger partial charge in [-0.15, -0.1) is 11.3 Å². The molecule has 1 aliphatic carbocycles. The number of nitrogen functional groups attached to an aromatic ring is 1. The fourth-order valence-electron chi connectivity index (χ4n) is 4.93. The van der Waals surface area contributed by atoms with Crippen molar-refractivity contribution in [1.82, 2.24) is 15.2 Å². The van der Waals surface area contributed by atoms with Gasteiger partial charge in [-0.2, -0.15) is 0 Å². The van der Waals surface area contributed by atoms with Crippen LogP contribution in [0, 0.1) is 0 Å². The molecule has 0 spiro atoms. The Morgan fingerprint density at radius 3 is 2.58 bits per heavy atom. The third-order valence-electron chi connectivity index (χ3n) is 6.97. The molecular weight excluding hydrogens is 502 g/mol. The van der Waals surface area contributed by atoms with Gasteiger partial charge in [0.25, 0.3) is 5.91 Å². The molecule has 9 nitrogen and oxygen atoms in total. The van der Waals surface area contributed by atoms with Crippen LogP contribution in [-0.2, 0) is 17.6 Å². The van der Waals surface area contributed by atoms with Gasteiger partial charge in [0.2, 0.25) is 0 Å². The average molecular weight is 538 g/mol. The summed E-state index contributed by atoms with van der Waals surface area (Å²) in [5.41, 5.74) is 10.2. The highest BCUT2D eigenvalue weighted by atomic mass is 32.1. The van der Waals surface area contributed by atoms with E-state index in [1.54, 1.807) is 4.90 Å². The van der Waals surface area contributed by atoms with Gasteiger partial charge >= 0.3 is 6.09 Å². The van der Waals surface area contributed by atoms with Crippen molar-refractivity contribution in [3.8, 4) is 0 Å². The first-order chi connectivity index (χ1) is 18.1. The summed E-state index contributed by atoms with van der Waals surface area (Å²) >= 11 is 1.27. The van der Waals surface area contributed by atoms with E-state index in [2.05, 4.69) is 39.5 Å². The van der Waals surface area contributed by atoms with Crippen molar-refractivity contribution in [2.45, 2.75) is 51.7 Å². The third kappa shape index (κ3) is 5.56. The van der Waals surface area contributed by atoms with Gasteiger partial charge in [0.1, 0.15) is 15.3 Å². The van der Waals surface area contributed by atoms with Gasteiger partial charge < -0.3 is 30.7 Å². The Labute approximate surface area is 226 Å². The molecule has 1 aliphatic heterocycles. The van der Waals surface area contributed by atoms with E-state index in [4.69, 9.17) is 10.5 Å². The molecule has 2 amide bonds. The number of piperazine rings is 1. The molecular formula is C28H35N5O4S. The number of rotatable bonds is 5. The normalized spacial score (nSPS) is 17.5. The van der Waals surface area contributed by atoms with Gasteiger partial charge in [-0.1, -0.05) is 12.1 Å². The predicted octanol–water partition coefficient (Wildman–Crippen LogP) is 3.89. The number of hydrogen-bond acceptors (Lipinski definition) is 8. The second-order valence-electron chi connectivity index (χ2n) is 10.9. The second-order valence-corrected chi connectivity index (χ2v) is 11.9. The maximum atomic E-state index is 12.9. The summed E-state index contributed by atoms with van der Waals surface area (Å²) in [6, 6.07) is 10.3. The number of benzene rings is 1. The van der Waals surface area contributed by atoms with Gasteiger partial charge in [0, 0.05) is 43.8 Å². The molecule has 2 aliphatic rings. The van der Waals surface area contributed by atoms with E-state index in [9.17, 15) is 14.7 Å². The highest BCUT2D eigenvalue weighted by molar-refractivity contribution is 7.21. The molecule has 0 radical (unpaired) electrons. The number of anilines is 2. The number of ether oxygens (including phenoxy) is 1. The maximum Gasteiger partial charge on any atom is 0.410 e. The van der Waals surface area contributed by atoms with E-state index < -0.39 is 11.7 Å². The van der Waals surface area contributed by atoms with E-state index in [0.717, 1.165) is 41.7 Å². The van der Waals surface area contributed by atoms with Crippen LogP contribution in [0.25, 0.3) is 10.2 Å². The highest BCUT2D eigenvalue weighted by Gasteiger charge is 2.27. The fraction of sp³-hybridized carbons (Fsp3) is 0.464. The number of thiophene rings is 1. The number of nitrogens with one attached hydrogen (secondary N) is 1. The van der Waals surface area contributed by atoms with E-state index in [1.807, 2.05) is 26.8 Å². The molecule has 1 unspecified atom stereocenters. The number of amides is 2. The van der Waals surface area contributed by atoms with Gasteiger partial charge in [0.05, 0.1) is 17.5 Å². The Bertz CT molecular complexity index is 1340. The number of aliphatic hydroxyl groups excluding tert-OH is 1. The van der Waals surface area contributed by atoms with Gasteiger partial charge in [0.15, 0.2) is 0 Å². The number of fused-ring (bicyclic) bond motifs is 2.